The van der Waals surface area contributed by atoms with Gasteiger partial charge in [-0.05, 0) is 12.1 Å². The zero-order valence-electron chi connectivity index (χ0n) is 6.97. The van der Waals surface area contributed by atoms with E-state index in [1.807, 2.05) is 0 Å². The summed E-state index contributed by atoms with van der Waals surface area (Å²) in [7, 11) is -3.41. The highest BCUT2D eigenvalue weighted by Gasteiger charge is 2.11. The Hall–Kier alpha value is -0.980. The number of rotatable bonds is 4. The smallest absolute Gasteiger partial charge is 0.242 e. The number of nitrogens with zero attached hydrogens (tertiary/aromatic N) is 1. The van der Waals surface area contributed by atoms with Crippen molar-refractivity contribution in [2.45, 2.75) is 4.90 Å². The highest BCUT2D eigenvalue weighted by Crippen LogP contribution is 2.03. The van der Waals surface area contributed by atoms with Crippen molar-refractivity contribution in [1.29, 1.82) is 0 Å². The Morgan fingerprint density at radius 1 is 1.54 bits per heavy atom. The summed E-state index contributed by atoms with van der Waals surface area (Å²) in [6, 6.07) is 3.04. The second-order valence-electron chi connectivity index (χ2n) is 2.38. The molecular weight excluding hydrogens is 190 g/mol. The Morgan fingerprint density at radius 2 is 2.31 bits per heavy atom. The van der Waals surface area contributed by atoms with Gasteiger partial charge >= 0.3 is 0 Å². The van der Waals surface area contributed by atoms with Gasteiger partial charge in [0.05, 0.1) is 0 Å². The first-order valence-electron chi connectivity index (χ1n) is 3.76. The third-order valence-corrected chi connectivity index (χ3v) is 2.83. The van der Waals surface area contributed by atoms with E-state index in [0.29, 0.717) is 0 Å². The first kappa shape index (κ1) is 10.1. The lowest BCUT2D eigenvalue weighted by atomic mass is 10.5. The molecule has 0 bridgehead atoms. The lowest BCUT2D eigenvalue weighted by molar-refractivity contribution is 0.582. The number of aromatic nitrogens is 1. The molecule has 0 saturated heterocycles. The van der Waals surface area contributed by atoms with Crippen LogP contribution in [0.2, 0.25) is 0 Å². The fourth-order valence-electron chi connectivity index (χ4n) is 0.783. The fourth-order valence-corrected chi connectivity index (χ4v) is 1.79. The normalized spacial score (nSPS) is 11.5. The number of hydrogen-bond acceptors (Lipinski definition) is 4. The summed E-state index contributed by atoms with van der Waals surface area (Å²) in [6.07, 6.45) is 2.81. The van der Waals surface area contributed by atoms with Gasteiger partial charge in [0, 0.05) is 25.5 Å². The number of hydrogen-bond donors (Lipinski definition) is 2. The predicted molar refractivity (Wildman–Crippen MR) is 48.5 cm³/mol. The largest absolute Gasteiger partial charge is 0.329 e. The first-order valence-corrected chi connectivity index (χ1v) is 5.25. The van der Waals surface area contributed by atoms with Crippen molar-refractivity contribution in [2.24, 2.45) is 5.73 Å². The Morgan fingerprint density at radius 3 is 2.85 bits per heavy atom. The minimum atomic E-state index is -3.41. The Balaban J connectivity index is 2.83. The van der Waals surface area contributed by atoms with Gasteiger partial charge in [0.1, 0.15) is 4.90 Å². The van der Waals surface area contributed by atoms with Crippen molar-refractivity contribution in [2.75, 3.05) is 13.1 Å². The third kappa shape index (κ3) is 2.76. The van der Waals surface area contributed by atoms with Crippen molar-refractivity contribution in [3.05, 3.63) is 24.5 Å². The summed E-state index contributed by atoms with van der Waals surface area (Å²) >= 11 is 0. The van der Waals surface area contributed by atoms with E-state index in [2.05, 4.69) is 9.71 Å². The molecule has 0 spiro atoms. The monoisotopic (exact) mass is 201 g/mol. The number of pyridine rings is 1. The molecule has 0 aliphatic rings. The molecule has 6 heteroatoms. The summed E-state index contributed by atoms with van der Waals surface area (Å²) < 4.78 is 25.1. The van der Waals surface area contributed by atoms with Gasteiger partial charge in [-0.25, -0.2) is 13.1 Å². The molecule has 1 aromatic heterocycles. The van der Waals surface area contributed by atoms with Crippen LogP contribution in [0.4, 0.5) is 0 Å². The molecule has 72 valence electrons. The summed E-state index contributed by atoms with van der Waals surface area (Å²) in [5, 5.41) is 0. The summed E-state index contributed by atoms with van der Waals surface area (Å²) in [5.41, 5.74) is 5.17. The number of sulfonamides is 1. The molecule has 5 nitrogen and oxygen atoms in total. The lowest BCUT2D eigenvalue weighted by Crippen LogP contribution is -2.29. The van der Waals surface area contributed by atoms with E-state index in [1.54, 1.807) is 6.07 Å². The summed E-state index contributed by atoms with van der Waals surface area (Å²) in [5.74, 6) is 0. The fraction of sp³-hybridized carbons (Fsp3) is 0.286. The first-order chi connectivity index (χ1) is 6.17. The minimum Gasteiger partial charge on any atom is -0.329 e. The molecule has 0 fully saturated rings. The van der Waals surface area contributed by atoms with Crippen molar-refractivity contribution < 1.29 is 8.42 Å². The molecule has 1 aromatic rings. The van der Waals surface area contributed by atoms with E-state index in [4.69, 9.17) is 5.73 Å². The van der Waals surface area contributed by atoms with Crippen LogP contribution < -0.4 is 10.5 Å². The maximum atomic E-state index is 11.4. The maximum absolute atomic E-state index is 11.4. The highest BCUT2D eigenvalue weighted by molar-refractivity contribution is 7.89. The van der Waals surface area contributed by atoms with E-state index in [0.717, 1.165) is 0 Å². The molecule has 0 radical (unpaired) electrons. The molecule has 1 heterocycles. The van der Waals surface area contributed by atoms with Crippen LogP contribution in [0, 0.1) is 0 Å². The van der Waals surface area contributed by atoms with E-state index < -0.39 is 10.0 Å². The molecular formula is C7H11N3O2S. The standard InChI is InChI=1S/C7H11N3O2S/c8-3-5-10-13(11,12)7-2-1-4-9-6-7/h1-2,4,6,10H,3,5,8H2. The van der Waals surface area contributed by atoms with Gasteiger partial charge in [0.2, 0.25) is 10.0 Å². The second-order valence-corrected chi connectivity index (χ2v) is 4.14. The zero-order chi connectivity index (χ0) is 9.73. The molecule has 0 aliphatic heterocycles. The van der Waals surface area contributed by atoms with Gasteiger partial charge < -0.3 is 5.73 Å². The average Bonchev–Trinajstić information content (AvgIpc) is 2.16. The number of nitrogens with one attached hydrogen (secondary N) is 1. The van der Waals surface area contributed by atoms with Gasteiger partial charge in [-0.2, -0.15) is 0 Å². The average molecular weight is 201 g/mol. The molecule has 0 saturated carbocycles. The van der Waals surface area contributed by atoms with Crippen LogP contribution in [-0.4, -0.2) is 26.5 Å². The van der Waals surface area contributed by atoms with Crippen LogP contribution in [0.25, 0.3) is 0 Å². The van der Waals surface area contributed by atoms with E-state index >= 15 is 0 Å². The second kappa shape index (κ2) is 4.31. The van der Waals surface area contributed by atoms with Crippen LogP contribution in [0.3, 0.4) is 0 Å². The van der Waals surface area contributed by atoms with Gasteiger partial charge in [0.15, 0.2) is 0 Å². The lowest BCUT2D eigenvalue weighted by Gasteiger charge is -2.03. The zero-order valence-corrected chi connectivity index (χ0v) is 7.79. The van der Waals surface area contributed by atoms with Crippen LogP contribution in [0.1, 0.15) is 0 Å². The van der Waals surface area contributed by atoms with Gasteiger partial charge in [0.25, 0.3) is 0 Å². The molecule has 0 atom stereocenters. The molecule has 0 aliphatic carbocycles. The topological polar surface area (TPSA) is 85.1 Å². The Labute approximate surface area is 77.0 Å². The van der Waals surface area contributed by atoms with Crippen LogP contribution in [0.5, 0.6) is 0 Å². The quantitative estimate of drug-likeness (QED) is 0.675. The molecule has 3 N–H and O–H groups in total. The van der Waals surface area contributed by atoms with E-state index in [9.17, 15) is 8.42 Å². The third-order valence-electron chi connectivity index (χ3n) is 1.38. The minimum absolute atomic E-state index is 0.156. The number of nitrogens with two attached hydrogens (primary N) is 1. The molecule has 1 rings (SSSR count). The maximum Gasteiger partial charge on any atom is 0.242 e. The Kier molecular flexibility index (Phi) is 3.35. The summed E-state index contributed by atoms with van der Waals surface area (Å²) in [6.45, 7) is 0.511. The van der Waals surface area contributed by atoms with E-state index in [-0.39, 0.29) is 18.0 Å². The van der Waals surface area contributed by atoms with Gasteiger partial charge in [-0.15, -0.1) is 0 Å². The predicted octanol–water partition coefficient (Wildman–Crippen LogP) is -0.681. The van der Waals surface area contributed by atoms with Crippen LogP contribution >= 0.6 is 0 Å². The molecule has 0 aromatic carbocycles. The highest BCUT2D eigenvalue weighted by atomic mass is 32.2. The molecule has 0 amide bonds. The van der Waals surface area contributed by atoms with Crippen molar-refractivity contribution in [1.82, 2.24) is 9.71 Å². The van der Waals surface area contributed by atoms with Crippen molar-refractivity contribution in [3.63, 3.8) is 0 Å². The summed E-state index contributed by atoms with van der Waals surface area (Å²) in [4.78, 5) is 3.86. The van der Waals surface area contributed by atoms with Crippen LogP contribution in [-0.2, 0) is 10.0 Å². The van der Waals surface area contributed by atoms with Crippen molar-refractivity contribution >= 4 is 10.0 Å². The van der Waals surface area contributed by atoms with Gasteiger partial charge in [-0.1, -0.05) is 0 Å². The van der Waals surface area contributed by atoms with E-state index in [1.165, 1.54) is 18.5 Å². The Bertz CT molecular complexity index is 349. The van der Waals surface area contributed by atoms with Crippen LogP contribution in [0.15, 0.2) is 29.4 Å². The molecule has 0 unspecified atom stereocenters. The van der Waals surface area contributed by atoms with Crippen molar-refractivity contribution in [3.8, 4) is 0 Å². The van der Waals surface area contributed by atoms with Gasteiger partial charge in [-0.3, -0.25) is 4.98 Å². The SMILES string of the molecule is NCCNS(=O)(=O)c1cccnc1. The molecule has 13 heavy (non-hydrogen) atoms.